The van der Waals surface area contributed by atoms with Crippen LogP contribution in [0.15, 0.2) is 30.3 Å². The lowest BCUT2D eigenvalue weighted by Crippen LogP contribution is -2.47. The van der Waals surface area contributed by atoms with Crippen molar-refractivity contribution in [2.45, 2.75) is 6.54 Å². The summed E-state index contributed by atoms with van der Waals surface area (Å²) >= 11 is 0. The fourth-order valence-corrected chi connectivity index (χ4v) is 2.34. The van der Waals surface area contributed by atoms with E-state index in [1.807, 2.05) is 25.2 Å². The van der Waals surface area contributed by atoms with Crippen LogP contribution in [-0.4, -0.2) is 74.2 Å². The molecular formula is C16H25N3O2. The van der Waals surface area contributed by atoms with E-state index in [0.717, 1.165) is 39.3 Å². The maximum Gasteiger partial charge on any atom is 0.409 e. The molecule has 1 aliphatic heterocycles. The van der Waals surface area contributed by atoms with Crippen LogP contribution in [0.25, 0.3) is 0 Å². The second kappa shape index (κ2) is 8.00. The number of rotatable bonds is 5. The molecule has 0 radical (unpaired) electrons. The second-order valence-corrected chi connectivity index (χ2v) is 5.63. The van der Waals surface area contributed by atoms with Gasteiger partial charge in [-0.1, -0.05) is 30.3 Å². The topological polar surface area (TPSA) is 36.0 Å². The van der Waals surface area contributed by atoms with Gasteiger partial charge in [-0.25, -0.2) is 4.79 Å². The molecule has 0 atom stereocenters. The summed E-state index contributed by atoms with van der Waals surface area (Å²) < 4.78 is 5.35. The number of benzene rings is 1. The molecule has 0 aromatic heterocycles. The Bertz CT molecular complexity index is 430. The van der Waals surface area contributed by atoms with Gasteiger partial charge in [0.05, 0.1) is 0 Å². The minimum Gasteiger partial charge on any atom is -0.448 e. The molecule has 1 fully saturated rings. The van der Waals surface area contributed by atoms with Crippen molar-refractivity contribution < 1.29 is 9.53 Å². The molecule has 21 heavy (non-hydrogen) atoms. The zero-order valence-corrected chi connectivity index (χ0v) is 13.0. The molecule has 0 unspecified atom stereocenters. The van der Waals surface area contributed by atoms with Crippen molar-refractivity contribution in [1.82, 2.24) is 14.7 Å². The van der Waals surface area contributed by atoms with E-state index >= 15 is 0 Å². The average Bonchev–Trinajstić information content (AvgIpc) is 2.49. The van der Waals surface area contributed by atoms with Gasteiger partial charge in [0.2, 0.25) is 0 Å². The van der Waals surface area contributed by atoms with Crippen molar-refractivity contribution in [3.63, 3.8) is 0 Å². The number of amides is 1. The van der Waals surface area contributed by atoms with Crippen LogP contribution in [-0.2, 0) is 11.3 Å². The minimum absolute atomic E-state index is 0.184. The van der Waals surface area contributed by atoms with E-state index in [4.69, 9.17) is 4.74 Å². The average molecular weight is 291 g/mol. The summed E-state index contributed by atoms with van der Waals surface area (Å²) in [7, 11) is 4.11. The first-order valence-electron chi connectivity index (χ1n) is 7.48. The van der Waals surface area contributed by atoms with Gasteiger partial charge in [0, 0.05) is 39.3 Å². The maximum atomic E-state index is 11.9. The standard InChI is InChI=1S/C16H25N3O2/c1-17-8-10-19(11-9-17)16(20)21-13-12-18(2)14-15-6-4-3-5-7-15/h3-7H,8-14H2,1-2H3. The smallest absolute Gasteiger partial charge is 0.409 e. The Labute approximate surface area is 127 Å². The fraction of sp³-hybridized carbons (Fsp3) is 0.562. The number of ether oxygens (including phenoxy) is 1. The summed E-state index contributed by atoms with van der Waals surface area (Å²) in [6.45, 7) is 5.41. The van der Waals surface area contributed by atoms with Crippen LogP contribution in [0.2, 0.25) is 0 Å². The van der Waals surface area contributed by atoms with Gasteiger partial charge in [-0.15, -0.1) is 0 Å². The fourth-order valence-electron chi connectivity index (χ4n) is 2.34. The van der Waals surface area contributed by atoms with E-state index < -0.39 is 0 Å². The van der Waals surface area contributed by atoms with Crippen LogP contribution in [0.5, 0.6) is 0 Å². The van der Waals surface area contributed by atoms with Crippen LogP contribution < -0.4 is 0 Å². The molecule has 1 aromatic carbocycles. The molecule has 0 aliphatic carbocycles. The van der Waals surface area contributed by atoms with Crippen LogP contribution in [0, 0.1) is 0 Å². The number of carbonyl (C=O) groups excluding carboxylic acids is 1. The molecule has 1 aliphatic rings. The van der Waals surface area contributed by atoms with Crippen molar-refractivity contribution in [3.05, 3.63) is 35.9 Å². The van der Waals surface area contributed by atoms with E-state index in [1.54, 1.807) is 4.90 Å². The lowest BCUT2D eigenvalue weighted by Gasteiger charge is -2.31. The molecule has 0 N–H and O–H groups in total. The highest BCUT2D eigenvalue weighted by Crippen LogP contribution is 2.04. The van der Waals surface area contributed by atoms with Crippen LogP contribution in [0.1, 0.15) is 5.56 Å². The van der Waals surface area contributed by atoms with Crippen LogP contribution >= 0.6 is 0 Å². The summed E-state index contributed by atoms with van der Waals surface area (Å²) in [5.41, 5.74) is 1.27. The van der Waals surface area contributed by atoms with Crippen molar-refractivity contribution >= 4 is 6.09 Å². The Morgan fingerprint density at radius 3 is 2.52 bits per heavy atom. The highest BCUT2D eigenvalue weighted by Gasteiger charge is 2.19. The van der Waals surface area contributed by atoms with E-state index in [9.17, 15) is 4.79 Å². The minimum atomic E-state index is -0.184. The van der Waals surface area contributed by atoms with Gasteiger partial charge in [0.15, 0.2) is 0 Å². The predicted octanol–water partition coefficient (Wildman–Crippen LogP) is 1.50. The molecular weight excluding hydrogens is 266 g/mol. The number of hydrogen-bond donors (Lipinski definition) is 0. The number of nitrogens with zero attached hydrogens (tertiary/aromatic N) is 3. The van der Waals surface area contributed by atoms with Gasteiger partial charge in [0.25, 0.3) is 0 Å². The third kappa shape index (κ3) is 5.36. The number of carbonyl (C=O) groups is 1. The summed E-state index contributed by atoms with van der Waals surface area (Å²) in [4.78, 5) is 18.1. The molecule has 5 nitrogen and oxygen atoms in total. The largest absolute Gasteiger partial charge is 0.448 e. The molecule has 116 valence electrons. The van der Waals surface area contributed by atoms with Crippen molar-refractivity contribution in [3.8, 4) is 0 Å². The summed E-state index contributed by atoms with van der Waals surface area (Å²) in [5, 5.41) is 0. The van der Waals surface area contributed by atoms with Gasteiger partial charge in [-0.05, 0) is 19.7 Å². The third-order valence-corrected chi connectivity index (χ3v) is 3.76. The van der Waals surface area contributed by atoms with Crippen LogP contribution in [0.3, 0.4) is 0 Å². The third-order valence-electron chi connectivity index (χ3n) is 3.76. The molecule has 1 heterocycles. The Kier molecular flexibility index (Phi) is 6.02. The molecule has 0 bridgehead atoms. The van der Waals surface area contributed by atoms with Crippen molar-refractivity contribution in [2.24, 2.45) is 0 Å². The Balaban J connectivity index is 1.63. The molecule has 5 heteroatoms. The Morgan fingerprint density at radius 1 is 1.19 bits per heavy atom. The van der Waals surface area contributed by atoms with Gasteiger partial charge in [-0.2, -0.15) is 0 Å². The predicted molar refractivity (Wildman–Crippen MR) is 83.2 cm³/mol. The second-order valence-electron chi connectivity index (χ2n) is 5.63. The van der Waals surface area contributed by atoms with Gasteiger partial charge in [-0.3, -0.25) is 4.90 Å². The zero-order chi connectivity index (χ0) is 15.1. The summed E-state index contributed by atoms with van der Waals surface area (Å²) in [6, 6.07) is 10.3. The van der Waals surface area contributed by atoms with Crippen molar-refractivity contribution in [2.75, 3.05) is 53.4 Å². The first-order valence-corrected chi connectivity index (χ1v) is 7.48. The number of hydrogen-bond acceptors (Lipinski definition) is 4. The van der Waals surface area contributed by atoms with E-state index in [2.05, 4.69) is 29.0 Å². The van der Waals surface area contributed by atoms with Crippen LogP contribution in [0.4, 0.5) is 4.79 Å². The lowest BCUT2D eigenvalue weighted by atomic mass is 10.2. The normalized spacial score (nSPS) is 16.2. The Hall–Kier alpha value is -1.59. The molecule has 2 rings (SSSR count). The number of piperazine rings is 1. The highest BCUT2D eigenvalue weighted by molar-refractivity contribution is 5.67. The molecule has 1 amide bonds. The molecule has 1 saturated heterocycles. The number of likely N-dealkylation sites (N-methyl/N-ethyl adjacent to an activating group) is 2. The van der Waals surface area contributed by atoms with Gasteiger partial charge >= 0.3 is 6.09 Å². The quantitative estimate of drug-likeness (QED) is 0.824. The highest BCUT2D eigenvalue weighted by atomic mass is 16.6. The summed E-state index contributed by atoms with van der Waals surface area (Å²) in [5.74, 6) is 0. The van der Waals surface area contributed by atoms with E-state index in [-0.39, 0.29) is 6.09 Å². The zero-order valence-electron chi connectivity index (χ0n) is 13.0. The van der Waals surface area contributed by atoms with E-state index in [0.29, 0.717) is 6.61 Å². The first-order chi connectivity index (χ1) is 10.1. The van der Waals surface area contributed by atoms with Gasteiger partial charge < -0.3 is 14.5 Å². The maximum absolute atomic E-state index is 11.9. The Morgan fingerprint density at radius 2 is 1.86 bits per heavy atom. The molecule has 0 saturated carbocycles. The van der Waals surface area contributed by atoms with E-state index in [1.165, 1.54) is 5.56 Å². The molecule has 1 aromatic rings. The SMILES string of the molecule is CN1CCN(C(=O)OCCN(C)Cc2ccccc2)CC1. The first kappa shape index (κ1) is 15.8. The van der Waals surface area contributed by atoms with Gasteiger partial charge in [0.1, 0.15) is 6.61 Å². The summed E-state index contributed by atoms with van der Waals surface area (Å²) in [6.07, 6.45) is -0.184. The molecule has 0 spiro atoms. The monoisotopic (exact) mass is 291 g/mol. The lowest BCUT2D eigenvalue weighted by molar-refractivity contribution is 0.0751. The van der Waals surface area contributed by atoms with Crippen molar-refractivity contribution in [1.29, 1.82) is 0 Å².